The first kappa shape index (κ1) is 14.2. The molecule has 1 aromatic carbocycles. The fourth-order valence-electron chi connectivity index (χ4n) is 1.03. The number of nitrogens with two attached hydrogens (primary N) is 1. The minimum atomic E-state index is -3.80. The highest BCUT2D eigenvalue weighted by Gasteiger charge is 2.19. The molecule has 0 aliphatic rings. The van der Waals surface area contributed by atoms with Gasteiger partial charge in [0.25, 0.3) is 10.0 Å². The lowest BCUT2D eigenvalue weighted by Crippen LogP contribution is -2.44. The minimum Gasteiger partial charge on any atom is -0.495 e. The molecule has 0 aliphatic carbocycles. The zero-order chi connectivity index (χ0) is 13.1. The second kappa shape index (κ2) is 5.63. The number of rotatable bonds is 4. The van der Waals surface area contributed by atoms with E-state index in [-0.39, 0.29) is 15.8 Å². The lowest BCUT2D eigenvalue weighted by atomic mass is 10.3. The molecule has 0 heterocycles. The molecule has 0 fully saturated rings. The SMILES string of the molecule is COc1ccc(Br)cc1S(=O)(=O)NNC(N)=S. The van der Waals surface area contributed by atoms with E-state index < -0.39 is 10.0 Å². The molecule has 0 unspecified atom stereocenters. The summed E-state index contributed by atoms with van der Waals surface area (Å²) in [5.74, 6) is 0.213. The summed E-state index contributed by atoms with van der Waals surface area (Å²) in [4.78, 5) is 2.00. The number of nitrogens with one attached hydrogen (secondary N) is 2. The van der Waals surface area contributed by atoms with E-state index >= 15 is 0 Å². The van der Waals surface area contributed by atoms with E-state index in [0.29, 0.717) is 4.47 Å². The van der Waals surface area contributed by atoms with Crippen molar-refractivity contribution in [1.82, 2.24) is 10.3 Å². The lowest BCUT2D eigenvalue weighted by molar-refractivity contribution is 0.402. The molecule has 94 valence electrons. The second-order valence-electron chi connectivity index (χ2n) is 2.89. The van der Waals surface area contributed by atoms with Crippen LogP contribution in [0.15, 0.2) is 27.6 Å². The number of sulfonamides is 1. The molecule has 0 atom stereocenters. The largest absolute Gasteiger partial charge is 0.495 e. The van der Waals surface area contributed by atoms with Crippen molar-refractivity contribution in [3.8, 4) is 5.75 Å². The van der Waals surface area contributed by atoms with Gasteiger partial charge in [0.1, 0.15) is 10.6 Å². The van der Waals surface area contributed by atoms with Gasteiger partial charge in [0.2, 0.25) is 0 Å². The van der Waals surface area contributed by atoms with Crippen LogP contribution in [0.4, 0.5) is 0 Å². The Kier molecular flexibility index (Phi) is 4.69. The first-order chi connectivity index (χ1) is 7.86. The Balaban J connectivity index is 3.13. The van der Waals surface area contributed by atoms with Crippen molar-refractivity contribution in [1.29, 1.82) is 0 Å². The summed E-state index contributed by atoms with van der Waals surface area (Å²) in [6.07, 6.45) is 0. The van der Waals surface area contributed by atoms with Gasteiger partial charge in [0, 0.05) is 4.47 Å². The number of methoxy groups -OCH3 is 1. The summed E-state index contributed by atoms with van der Waals surface area (Å²) in [6, 6.07) is 4.60. The third kappa shape index (κ3) is 3.80. The van der Waals surface area contributed by atoms with Crippen molar-refractivity contribution in [3.05, 3.63) is 22.7 Å². The Morgan fingerprint density at radius 3 is 2.71 bits per heavy atom. The van der Waals surface area contributed by atoms with Gasteiger partial charge in [0.15, 0.2) is 5.11 Å². The maximum absolute atomic E-state index is 11.9. The third-order valence-electron chi connectivity index (χ3n) is 1.72. The van der Waals surface area contributed by atoms with Crippen molar-refractivity contribution in [2.24, 2.45) is 5.73 Å². The van der Waals surface area contributed by atoms with Crippen LogP contribution in [0.3, 0.4) is 0 Å². The number of halogens is 1. The maximum Gasteiger partial charge on any atom is 0.261 e. The number of benzene rings is 1. The van der Waals surface area contributed by atoms with Gasteiger partial charge in [-0.05, 0) is 30.4 Å². The highest BCUT2D eigenvalue weighted by molar-refractivity contribution is 9.10. The van der Waals surface area contributed by atoms with Crippen molar-refractivity contribution in [2.75, 3.05) is 7.11 Å². The molecule has 0 aliphatic heterocycles. The fraction of sp³-hybridized carbons (Fsp3) is 0.125. The van der Waals surface area contributed by atoms with Crippen LogP contribution < -0.4 is 20.7 Å². The molecular weight excluding hydrogens is 330 g/mol. The van der Waals surface area contributed by atoms with Gasteiger partial charge in [-0.3, -0.25) is 5.43 Å². The topological polar surface area (TPSA) is 93.5 Å². The maximum atomic E-state index is 11.9. The van der Waals surface area contributed by atoms with Crippen molar-refractivity contribution in [2.45, 2.75) is 4.90 Å². The van der Waals surface area contributed by atoms with E-state index in [4.69, 9.17) is 10.5 Å². The fourth-order valence-corrected chi connectivity index (χ4v) is 2.71. The molecule has 0 bridgehead atoms. The van der Waals surface area contributed by atoms with Gasteiger partial charge in [-0.2, -0.15) is 0 Å². The van der Waals surface area contributed by atoms with Crippen LogP contribution >= 0.6 is 28.1 Å². The van der Waals surface area contributed by atoms with Gasteiger partial charge in [-0.15, -0.1) is 4.83 Å². The van der Waals surface area contributed by atoms with Crippen molar-refractivity contribution < 1.29 is 13.2 Å². The van der Waals surface area contributed by atoms with Crippen LogP contribution in [0, 0.1) is 0 Å². The Morgan fingerprint density at radius 2 is 2.18 bits per heavy atom. The summed E-state index contributed by atoms with van der Waals surface area (Å²) in [5.41, 5.74) is 7.29. The van der Waals surface area contributed by atoms with Crippen LogP contribution in [-0.4, -0.2) is 20.6 Å². The molecule has 0 saturated heterocycles. The lowest BCUT2D eigenvalue weighted by Gasteiger charge is -2.11. The second-order valence-corrected chi connectivity index (χ2v) is 5.90. The normalized spacial score (nSPS) is 10.9. The van der Waals surface area contributed by atoms with Gasteiger partial charge < -0.3 is 10.5 Å². The van der Waals surface area contributed by atoms with Gasteiger partial charge in [0.05, 0.1) is 7.11 Å². The monoisotopic (exact) mass is 339 g/mol. The van der Waals surface area contributed by atoms with E-state index in [9.17, 15) is 8.42 Å². The smallest absolute Gasteiger partial charge is 0.261 e. The van der Waals surface area contributed by atoms with Gasteiger partial charge in [-0.25, -0.2) is 8.42 Å². The first-order valence-electron chi connectivity index (χ1n) is 4.27. The van der Waals surface area contributed by atoms with E-state index in [1.165, 1.54) is 19.2 Å². The Hall–Kier alpha value is -0.900. The molecule has 6 nitrogen and oxygen atoms in total. The molecule has 0 saturated carbocycles. The van der Waals surface area contributed by atoms with E-state index in [1.807, 2.05) is 4.83 Å². The first-order valence-corrected chi connectivity index (χ1v) is 6.96. The zero-order valence-electron chi connectivity index (χ0n) is 8.73. The van der Waals surface area contributed by atoms with E-state index in [0.717, 1.165) is 0 Å². The van der Waals surface area contributed by atoms with Crippen molar-refractivity contribution >= 4 is 43.3 Å². The number of ether oxygens (including phenoxy) is 1. The van der Waals surface area contributed by atoms with Gasteiger partial charge >= 0.3 is 0 Å². The summed E-state index contributed by atoms with van der Waals surface area (Å²) in [5, 5.41) is -0.178. The van der Waals surface area contributed by atoms with Crippen LogP contribution in [-0.2, 0) is 10.0 Å². The third-order valence-corrected chi connectivity index (χ3v) is 3.59. The van der Waals surface area contributed by atoms with E-state index in [2.05, 4.69) is 33.6 Å². The molecular formula is C8H10BrN3O3S2. The van der Waals surface area contributed by atoms with Crippen LogP contribution in [0.25, 0.3) is 0 Å². The van der Waals surface area contributed by atoms with Crippen LogP contribution in [0.5, 0.6) is 5.75 Å². The number of thiocarbonyl (C=S) groups is 1. The molecule has 0 amide bonds. The summed E-state index contributed by atoms with van der Waals surface area (Å²) >= 11 is 7.68. The van der Waals surface area contributed by atoms with Crippen LogP contribution in [0.1, 0.15) is 0 Å². The Labute approximate surface area is 113 Å². The number of hydrogen-bond acceptors (Lipinski definition) is 4. The minimum absolute atomic E-state index is 0.0295. The molecule has 1 rings (SSSR count). The molecule has 0 spiro atoms. The van der Waals surface area contributed by atoms with Crippen molar-refractivity contribution in [3.63, 3.8) is 0 Å². The highest BCUT2D eigenvalue weighted by Crippen LogP contribution is 2.26. The number of hydrazine groups is 1. The Bertz CT molecular complexity index is 533. The molecule has 17 heavy (non-hydrogen) atoms. The van der Waals surface area contributed by atoms with Crippen LogP contribution in [0.2, 0.25) is 0 Å². The average molecular weight is 340 g/mol. The molecule has 9 heteroatoms. The quantitative estimate of drug-likeness (QED) is 0.545. The average Bonchev–Trinajstić information content (AvgIpc) is 2.26. The zero-order valence-corrected chi connectivity index (χ0v) is 11.9. The Morgan fingerprint density at radius 1 is 1.53 bits per heavy atom. The molecule has 0 aromatic heterocycles. The summed E-state index contributed by atoms with van der Waals surface area (Å²) < 4.78 is 29.3. The molecule has 4 N–H and O–H groups in total. The van der Waals surface area contributed by atoms with E-state index in [1.54, 1.807) is 6.07 Å². The number of hydrogen-bond donors (Lipinski definition) is 3. The standard InChI is InChI=1S/C8H10BrN3O3S2/c1-15-6-3-2-5(9)4-7(6)17(13,14)12-11-8(10)16/h2-4,12H,1H3,(H3,10,11,16). The highest BCUT2D eigenvalue weighted by atomic mass is 79.9. The molecule has 0 radical (unpaired) electrons. The predicted octanol–water partition coefficient (Wildman–Crippen LogP) is 0.484. The summed E-state index contributed by atoms with van der Waals surface area (Å²) in [7, 11) is -2.43. The van der Waals surface area contributed by atoms with Gasteiger partial charge in [-0.1, -0.05) is 15.9 Å². The molecule has 1 aromatic rings. The summed E-state index contributed by atoms with van der Waals surface area (Å²) in [6.45, 7) is 0. The predicted molar refractivity (Wildman–Crippen MR) is 70.9 cm³/mol.